The van der Waals surface area contributed by atoms with Gasteiger partial charge in [-0.2, -0.15) is 17.9 Å². The Bertz CT molecular complexity index is 335. The average Bonchev–Trinajstić information content (AvgIpc) is 2.14. The van der Waals surface area contributed by atoms with Gasteiger partial charge in [0.2, 0.25) is 0 Å². The molecule has 0 heterocycles. The number of rotatable bonds is 3. The molecule has 0 spiro atoms. The number of thiol groups is 1. The normalized spacial score (nSPS) is 9.31. The van der Waals surface area contributed by atoms with Crippen molar-refractivity contribution in [3.05, 3.63) is 28.8 Å². The summed E-state index contributed by atoms with van der Waals surface area (Å²) in [6.45, 7) is 0.508. The van der Waals surface area contributed by atoms with Gasteiger partial charge in [0.1, 0.15) is 5.75 Å². The fourth-order valence-electron chi connectivity index (χ4n) is 0.874. The number of nitriles is 1. The van der Waals surface area contributed by atoms with E-state index in [0.717, 1.165) is 0 Å². The van der Waals surface area contributed by atoms with Gasteiger partial charge in [0.25, 0.3) is 0 Å². The van der Waals surface area contributed by atoms with Gasteiger partial charge >= 0.3 is 0 Å². The van der Waals surface area contributed by atoms with Crippen molar-refractivity contribution in [3.63, 3.8) is 0 Å². The Labute approximate surface area is 87.5 Å². The number of hydrogen-bond acceptors (Lipinski definition) is 3. The fourth-order valence-corrected chi connectivity index (χ4v) is 1.19. The zero-order valence-electron chi connectivity index (χ0n) is 6.83. The van der Waals surface area contributed by atoms with Crippen LogP contribution in [0.25, 0.3) is 0 Å². The third kappa shape index (κ3) is 3.17. The molecule has 0 aliphatic carbocycles. The third-order valence-corrected chi connectivity index (χ3v) is 1.76. The van der Waals surface area contributed by atoms with E-state index in [1.807, 2.05) is 6.07 Å². The Morgan fingerprint density at radius 3 is 2.85 bits per heavy atom. The highest BCUT2D eigenvalue weighted by molar-refractivity contribution is 7.80. The summed E-state index contributed by atoms with van der Waals surface area (Å²) in [5.41, 5.74) is 0.502. The van der Waals surface area contributed by atoms with Crippen molar-refractivity contribution in [2.75, 3.05) is 12.4 Å². The molecule has 0 saturated carbocycles. The highest BCUT2D eigenvalue weighted by Crippen LogP contribution is 2.20. The van der Waals surface area contributed by atoms with Gasteiger partial charge in [-0.3, -0.25) is 0 Å². The van der Waals surface area contributed by atoms with Crippen LogP contribution in [-0.2, 0) is 0 Å². The molecule has 1 rings (SSSR count). The monoisotopic (exact) mass is 213 g/mol. The van der Waals surface area contributed by atoms with Gasteiger partial charge in [0.05, 0.1) is 18.2 Å². The maximum Gasteiger partial charge on any atom is 0.122 e. The topological polar surface area (TPSA) is 33.0 Å². The van der Waals surface area contributed by atoms with Gasteiger partial charge < -0.3 is 4.74 Å². The largest absolute Gasteiger partial charge is 0.493 e. The van der Waals surface area contributed by atoms with E-state index in [1.54, 1.807) is 18.2 Å². The van der Waals surface area contributed by atoms with Crippen LogP contribution in [0.2, 0.25) is 5.02 Å². The molecule has 2 nitrogen and oxygen atoms in total. The minimum absolute atomic E-state index is 0.502. The Morgan fingerprint density at radius 1 is 1.46 bits per heavy atom. The average molecular weight is 214 g/mol. The van der Waals surface area contributed by atoms with Crippen LogP contribution in [0.1, 0.15) is 5.56 Å². The van der Waals surface area contributed by atoms with Gasteiger partial charge in [-0.05, 0) is 18.2 Å². The number of halogens is 1. The molecule has 0 aromatic heterocycles. The molecule has 0 radical (unpaired) electrons. The van der Waals surface area contributed by atoms with Crippen LogP contribution in [0.3, 0.4) is 0 Å². The summed E-state index contributed by atoms with van der Waals surface area (Å²) in [7, 11) is 0. The highest BCUT2D eigenvalue weighted by atomic mass is 35.5. The SMILES string of the molecule is N#Cc1cc(Cl)cc(OCCS)c1. The molecule has 13 heavy (non-hydrogen) atoms. The molecule has 0 N–H and O–H groups in total. The Morgan fingerprint density at radius 2 is 2.23 bits per heavy atom. The molecule has 4 heteroatoms. The minimum Gasteiger partial charge on any atom is -0.493 e. The predicted octanol–water partition coefficient (Wildman–Crippen LogP) is 2.52. The lowest BCUT2D eigenvalue weighted by molar-refractivity contribution is 0.344. The Balaban J connectivity index is 2.83. The molecule has 1 aromatic rings. The minimum atomic E-state index is 0.502. The summed E-state index contributed by atoms with van der Waals surface area (Å²) < 4.78 is 5.27. The first-order chi connectivity index (χ1) is 6.26. The van der Waals surface area contributed by atoms with E-state index < -0.39 is 0 Å². The maximum absolute atomic E-state index is 8.63. The number of hydrogen-bond donors (Lipinski definition) is 1. The summed E-state index contributed by atoms with van der Waals surface area (Å²) in [4.78, 5) is 0. The van der Waals surface area contributed by atoms with Gasteiger partial charge in [0.15, 0.2) is 0 Å². The first-order valence-corrected chi connectivity index (χ1v) is 4.71. The molecule has 0 saturated heterocycles. The van der Waals surface area contributed by atoms with Crippen molar-refractivity contribution >= 4 is 24.2 Å². The lowest BCUT2D eigenvalue weighted by atomic mass is 10.2. The van der Waals surface area contributed by atoms with Crippen LogP contribution in [0.4, 0.5) is 0 Å². The summed E-state index contributed by atoms with van der Waals surface area (Å²) in [5, 5.41) is 9.14. The summed E-state index contributed by atoms with van der Waals surface area (Å²) >= 11 is 9.76. The molecule has 0 unspecified atom stereocenters. The van der Waals surface area contributed by atoms with Crippen molar-refractivity contribution in [3.8, 4) is 11.8 Å². The lowest BCUT2D eigenvalue weighted by Crippen LogP contribution is -1.98. The van der Waals surface area contributed by atoms with E-state index in [2.05, 4.69) is 12.6 Å². The van der Waals surface area contributed by atoms with Crippen LogP contribution in [0.5, 0.6) is 5.75 Å². The van der Waals surface area contributed by atoms with Crippen LogP contribution in [-0.4, -0.2) is 12.4 Å². The second-order valence-corrected chi connectivity index (χ2v) is 3.24. The van der Waals surface area contributed by atoms with E-state index in [9.17, 15) is 0 Å². The maximum atomic E-state index is 8.63. The van der Waals surface area contributed by atoms with E-state index in [0.29, 0.717) is 28.7 Å². The molecular weight excluding hydrogens is 206 g/mol. The van der Waals surface area contributed by atoms with Crippen molar-refractivity contribution in [2.45, 2.75) is 0 Å². The van der Waals surface area contributed by atoms with Crippen LogP contribution < -0.4 is 4.74 Å². The summed E-state index contributed by atoms with van der Waals surface area (Å²) in [6, 6.07) is 6.91. The Kier molecular flexibility index (Phi) is 3.94. The molecular formula is C9H8ClNOS. The quantitative estimate of drug-likeness (QED) is 0.783. The van der Waals surface area contributed by atoms with E-state index in [1.165, 1.54) is 0 Å². The van der Waals surface area contributed by atoms with E-state index in [-0.39, 0.29) is 0 Å². The Hall–Kier alpha value is -0.850. The van der Waals surface area contributed by atoms with Crippen molar-refractivity contribution < 1.29 is 4.74 Å². The lowest BCUT2D eigenvalue weighted by Gasteiger charge is -2.04. The van der Waals surface area contributed by atoms with E-state index >= 15 is 0 Å². The number of benzene rings is 1. The fraction of sp³-hybridized carbons (Fsp3) is 0.222. The van der Waals surface area contributed by atoms with Crippen molar-refractivity contribution in [1.82, 2.24) is 0 Å². The van der Waals surface area contributed by atoms with Crippen molar-refractivity contribution in [2.24, 2.45) is 0 Å². The van der Waals surface area contributed by atoms with Gasteiger partial charge in [0, 0.05) is 10.8 Å². The number of ether oxygens (including phenoxy) is 1. The summed E-state index contributed by atoms with van der Waals surface area (Å²) in [5.74, 6) is 1.24. The predicted molar refractivity (Wildman–Crippen MR) is 55.5 cm³/mol. The van der Waals surface area contributed by atoms with Crippen LogP contribution >= 0.6 is 24.2 Å². The van der Waals surface area contributed by atoms with Crippen LogP contribution in [0.15, 0.2) is 18.2 Å². The zero-order chi connectivity index (χ0) is 9.68. The first kappa shape index (κ1) is 10.2. The third-order valence-electron chi connectivity index (χ3n) is 1.36. The number of nitrogens with zero attached hydrogens (tertiary/aromatic N) is 1. The highest BCUT2D eigenvalue weighted by Gasteiger charge is 1.99. The smallest absolute Gasteiger partial charge is 0.122 e. The zero-order valence-corrected chi connectivity index (χ0v) is 8.48. The van der Waals surface area contributed by atoms with Gasteiger partial charge in [-0.15, -0.1) is 0 Å². The molecule has 0 bridgehead atoms. The molecule has 68 valence electrons. The first-order valence-electron chi connectivity index (χ1n) is 3.70. The molecule has 0 amide bonds. The molecule has 0 aliphatic heterocycles. The van der Waals surface area contributed by atoms with E-state index in [4.69, 9.17) is 21.6 Å². The molecule has 0 aliphatic rings. The second kappa shape index (κ2) is 5.00. The molecule has 1 aromatic carbocycles. The standard InChI is InChI=1S/C9H8ClNOS/c10-8-3-7(6-11)4-9(5-8)12-1-2-13/h3-5,13H,1-2H2. The molecule has 0 fully saturated rings. The molecule has 0 atom stereocenters. The second-order valence-electron chi connectivity index (χ2n) is 2.36. The van der Waals surface area contributed by atoms with Gasteiger partial charge in [-0.1, -0.05) is 11.6 Å². The van der Waals surface area contributed by atoms with Crippen molar-refractivity contribution in [1.29, 1.82) is 5.26 Å². The summed E-state index contributed by atoms with van der Waals surface area (Å²) in [6.07, 6.45) is 0. The van der Waals surface area contributed by atoms with Gasteiger partial charge in [-0.25, -0.2) is 0 Å². The van der Waals surface area contributed by atoms with Crippen LogP contribution in [0, 0.1) is 11.3 Å².